The van der Waals surface area contributed by atoms with Crippen LogP contribution in [-0.2, 0) is 33.3 Å². The van der Waals surface area contributed by atoms with Gasteiger partial charge in [-0.1, -0.05) is 11.8 Å². The second kappa shape index (κ2) is 12.0. The van der Waals surface area contributed by atoms with E-state index in [2.05, 4.69) is 24.3 Å². The molecule has 6 rings (SSSR count). The largest absolute Gasteiger partial charge is 0.514 e. The summed E-state index contributed by atoms with van der Waals surface area (Å²) < 4.78 is 16.7. The Morgan fingerprint density at radius 2 is 1.26 bits per heavy atom. The van der Waals surface area contributed by atoms with Crippen molar-refractivity contribution in [2.45, 2.75) is 0 Å². The normalized spacial score (nSPS) is 20.9. The topological polar surface area (TPSA) is 134 Å². The molecular weight excluding hydrogens is 350 g/mol. The summed E-state index contributed by atoms with van der Waals surface area (Å²) in [6, 6.07) is 0. The lowest BCUT2D eigenvalue weighted by molar-refractivity contribution is -0.117. The molecule has 11 heteroatoms. The predicted octanol–water partition coefficient (Wildman–Crippen LogP) is -0.220. The van der Waals surface area contributed by atoms with E-state index >= 15 is 0 Å². The van der Waals surface area contributed by atoms with Crippen molar-refractivity contribution < 1.29 is 38.1 Å². The van der Waals surface area contributed by atoms with E-state index in [1.165, 1.54) is 23.3 Å². The van der Waals surface area contributed by atoms with E-state index < -0.39 is 6.16 Å². The Hall–Kier alpha value is -1.46. The number of amides is 1. The molecule has 0 aromatic rings. The molecule has 0 radical (unpaired) electrons. The van der Waals surface area contributed by atoms with Gasteiger partial charge in [-0.05, 0) is 0 Å². The van der Waals surface area contributed by atoms with Crippen molar-refractivity contribution in [1.82, 2.24) is 5.32 Å². The first kappa shape index (κ1) is 19.6. The van der Waals surface area contributed by atoms with Gasteiger partial charge in [0, 0.05) is 11.5 Å². The monoisotopic (exact) mass is 367 g/mol. The molecule has 0 unspecified atom stereocenters. The van der Waals surface area contributed by atoms with Crippen molar-refractivity contribution in [1.29, 1.82) is 0 Å². The lowest BCUT2D eigenvalue weighted by Crippen LogP contribution is -2.21. The minimum absolute atomic E-state index is 0.0833. The number of rotatable bonds is 0. The molecule has 1 N–H and O–H groups in total. The second-order valence-corrected chi connectivity index (χ2v) is 6.24. The van der Waals surface area contributed by atoms with Crippen molar-refractivity contribution in [2.75, 3.05) is 50.4 Å². The molecule has 0 bridgehead atoms. The molecule has 6 heterocycles. The summed E-state index contributed by atoms with van der Waals surface area (Å²) in [6.07, 6.45) is -0.565. The van der Waals surface area contributed by atoms with Crippen LogP contribution in [0.1, 0.15) is 0 Å². The Kier molecular flexibility index (Phi) is 10.2. The number of cyclic esters (lactones) is 3. The highest BCUT2D eigenvalue weighted by atomic mass is 32.2. The average Bonchev–Trinajstić information content (AvgIpc) is 3.31. The number of carbonyl (C=O) groups excluding carboxylic acids is 4. The maximum Gasteiger partial charge on any atom is 0.514 e. The fourth-order valence-corrected chi connectivity index (χ4v) is 0.261. The Morgan fingerprint density at radius 1 is 0.957 bits per heavy atom. The minimum Gasteiger partial charge on any atom is -0.451 e. The van der Waals surface area contributed by atoms with Crippen molar-refractivity contribution in [3.63, 3.8) is 0 Å². The first-order chi connectivity index (χ1) is 11.1. The van der Waals surface area contributed by atoms with Gasteiger partial charge in [-0.25, -0.2) is 9.59 Å². The fourth-order valence-electron chi connectivity index (χ4n) is 0.202. The van der Waals surface area contributed by atoms with Gasteiger partial charge in [0.1, 0.15) is 0 Å². The zero-order valence-electron chi connectivity index (χ0n) is 12.2. The maximum absolute atomic E-state index is 9.52. The number of hydrogen-bond acceptors (Lipinski definition) is 10. The Labute approximate surface area is 141 Å². The van der Waals surface area contributed by atoms with Crippen molar-refractivity contribution in [3.8, 4) is 0 Å². The van der Waals surface area contributed by atoms with E-state index in [-0.39, 0.29) is 18.7 Å². The van der Waals surface area contributed by atoms with E-state index in [4.69, 9.17) is 0 Å². The zero-order valence-corrected chi connectivity index (χ0v) is 13.9. The molecule has 0 spiro atoms. The van der Waals surface area contributed by atoms with E-state index in [0.29, 0.717) is 18.3 Å². The minimum atomic E-state index is -0.565. The molecule has 0 saturated carbocycles. The molecule has 0 aliphatic carbocycles. The molecule has 1 amide bonds. The van der Waals surface area contributed by atoms with Gasteiger partial charge in [-0.15, -0.1) is 0 Å². The summed E-state index contributed by atoms with van der Waals surface area (Å²) in [4.78, 5) is 37.8. The van der Waals surface area contributed by atoms with E-state index in [1.54, 1.807) is 0 Å². The maximum atomic E-state index is 9.52. The van der Waals surface area contributed by atoms with Gasteiger partial charge < -0.3 is 24.3 Å². The molecule has 0 atom stereocenters. The molecule has 0 aromatic heterocycles. The van der Waals surface area contributed by atoms with Crippen LogP contribution < -0.4 is 5.32 Å². The summed E-state index contributed by atoms with van der Waals surface area (Å²) in [5, 5.41) is 2.79. The number of epoxide rings is 2. The average molecular weight is 367 g/mol. The third-order valence-corrected chi connectivity index (χ3v) is 2.54. The van der Waals surface area contributed by atoms with Crippen LogP contribution in [0.4, 0.5) is 4.79 Å². The highest BCUT2D eigenvalue weighted by molar-refractivity contribution is 8.24. The summed E-state index contributed by atoms with van der Waals surface area (Å²) in [5.41, 5.74) is 0. The second-order valence-electron chi connectivity index (χ2n) is 3.98. The Balaban J connectivity index is 0.000000139. The smallest absolute Gasteiger partial charge is 0.451 e. The van der Waals surface area contributed by atoms with Crippen LogP contribution >= 0.6 is 23.5 Å². The molecule has 130 valence electrons. The molecule has 6 aliphatic heterocycles. The molecule has 6 fully saturated rings. The van der Waals surface area contributed by atoms with Gasteiger partial charge >= 0.3 is 12.1 Å². The summed E-state index contributed by atoms with van der Waals surface area (Å²) >= 11 is 3.38. The van der Waals surface area contributed by atoms with E-state index in [9.17, 15) is 19.2 Å². The first-order valence-corrected chi connectivity index (χ1v) is 8.75. The van der Waals surface area contributed by atoms with Crippen LogP contribution in [0.5, 0.6) is 0 Å². The number of hydrogen-bond donors (Lipinski definition) is 1. The SMILES string of the molecule is C1CO1.C1CS1.O=C1CN1.O=C1CO1.O=C1CS1.O=C1OCO1. The van der Waals surface area contributed by atoms with Crippen LogP contribution in [0.15, 0.2) is 0 Å². The standard InChI is InChI=1S/C2H3NO.C2H2O3.C2H2O2.C2H2OS.C2H4O.C2H4S/c4-2-1-3-2;3-2-4-1-5-2;2*3-2-1-4-2;2*1-2-3-1/h1H2,(H,3,4);1H2;2*1H2;2*1-2H2. The van der Waals surface area contributed by atoms with Gasteiger partial charge in [-0.3, -0.25) is 9.59 Å². The van der Waals surface area contributed by atoms with Gasteiger partial charge in [0.25, 0.3) is 0 Å². The first-order valence-electron chi connectivity index (χ1n) is 6.61. The highest BCUT2D eigenvalue weighted by Crippen LogP contribution is 2.18. The highest BCUT2D eigenvalue weighted by Gasteiger charge is 2.15. The van der Waals surface area contributed by atoms with Crippen molar-refractivity contribution >= 4 is 46.7 Å². The van der Waals surface area contributed by atoms with Crippen LogP contribution in [0.25, 0.3) is 0 Å². The van der Waals surface area contributed by atoms with Gasteiger partial charge in [-0.2, -0.15) is 11.8 Å². The number of carbonyl (C=O) groups is 4. The molecular formula is C12H17NO8S2. The number of thioether (sulfide) groups is 2. The zero-order chi connectivity index (χ0) is 16.9. The molecule has 6 aliphatic rings. The van der Waals surface area contributed by atoms with Crippen LogP contribution in [-0.4, -0.2) is 73.6 Å². The molecule has 6 saturated heterocycles. The third kappa shape index (κ3) is 29.2. The van der Waals surface area contributed by atoms with Crippen molar-refractivity contribution in [3.05, 3.63) is 0 Å². The Bertz CT molecular complexity index is 354. The fraction of sp³-hybridized carbons (Fsp3) is 0.667. The summed E-state index contributed by atoms with van der Waals surface area (Å²) in [5.74, 6) is 3.68. The quantitative estimate of drug-likeness (QED) is 0.452. The number of ether oxygens (including phenoxy) is 4. The van der Waals surface area contributed by atoms with E-state index in [0.717, 1.165) is 19.0 Å². The van der Waals surface area contributed by atoms with Crippen molar-refractivity contribution in [2.24, 2.45) is 0 Å². The van der Waals surface area contributed by atoms with E-state index in [1.807, 2.05) is 11.8 Å². The van der Waals surface area contributed by atoms with Gasteiger partial charge in [0.2, 0.25) is 12.7 Å². The molecule has 23 heavy (non-hydrogen) atoms. The summed E-state index contributed by atoms with van der Waals surface area (Å²) in [7, 11) is 0. The van der Waals surface area contributed by atoms with Crippen LogP contribution in [0.3, 0.4) is 0 Å². The lowest BCUT2D eigenvalue weighted by atomic mass is 11.0. The van der Waals surface area contributed by atoms with Crippen LogP contribution in [0, 0.1) is 0 Å². The molecule has 0 aromatic carbocycles. The van der Waals surface area contributed by atoms with Crippen LogP contribution in [0.2, 0.25) is 0 Å². The van der Waals surface area contributed by atoms with Gasteiger partial charge in [0.05, 0.1) is 25.5 Å². The lowest BCUT2D eigenvalue weighted by Gasteiger charge is -2.10. The van der Waals surface area contributed by atoms with Gasteiger partial charge in [0.15, 0.2) is 11.7 Å². The number of nitrogens with one attached hydrogen (secondary N) is 1. The predicted molar refractivity (Wildman–Crippen MR) is 82.0 cm³/mol. The Morgan fingerprint density at radius 3 is 1.26 bits per heavy atom. The molecule has 9 nitrogen and oxygen atoms in total. The third-order valence-electron chi connectivity index (χ3n) is 1.61. The summed E-state index contributed by atoms with van der Waals surface area (Å²) in [6.45, 7) is 3.08.